The summed E-state index contributed by atoms with van der Waals surface area (Å²) in [4.78, 5) is 21.4. The first kappa shape index (κ1) is 17.3. The quantitative estimate of drug-likeness (QED) is 0.686. The first-order chi connectivity index (χ1) is 11.5. The van der Waals surface area contributed by atoms with Crippen LogP contribution in [0.4, 0.5) is 0 Å². The molecular weight excluding hydrogens is 312 g/mol. The molecule has 0 amide bonds. The van der Waals surface area contributed by atoms with Crippen LogP contribution in [-0.2, 0) is 22.4 Å². The highest BCUT2D eigenvalue weighted by molar-refractivity contribution is 5.70. The molecular formula is C18H18O6. The lowest BCUT2D eigenvalue weighted by Gasteiger charge is -2.10. The van der Waals surface area contributed by atoms with Gasteiger partial charge >= 0.3 is 11.9 Å². The Kier molecular flexibility index (Phi) is 6.19. The van der Waals surface area contributed by atoms with Gasteiger partial charge in [0.15, 0.2) is 0 Å². The SMILES string of the molecule is O=C(O)Cc1cccc(OCCOc2cccc(CC(=O)O)c2)c1. The van der Waals surface area contributed by atoms with E-state index in [4.69, 9.17) is 19.7 Å². The molecule has 0 saturated heterocycles. The van der Waals surface area contributed by atoms with Crippen LogP contribution in [0.15, 0.2) is 48.5 Å². The number of carboxylic acids is 2. The van der Waals surface area contributed by atoms with Crippen molar-refractivity contribution in [1.82, 2.24) is 0 Å². The standard InChI is InChI=1S/C18H18O6/c19-17(20)11-13-3-1-5-15(9-13)23-7-8-24-16-6-2-4-14(10-16)12-18(21)22/h1-6,9-10H,7-8,11-12H2,(H,19,20)(H,21,22). The summed E-state index contributed by atoms with van der Waals surface area (Å²) in [7, 11) is 0. The number of hydrogen-bond acceptors (Lipinski definition) is 4. The van der Waals surface area contributed by atoms with Gasteiger partial charge < -0.3 is 19.7 Å². The van der Waals surface area contributed by atoms with Crippen LogP contribution >= 0.6 is 0 Å². The normalized spacial score (nSPS) is 10.2. The van der Waals surface area contributed by atoms with Crippen LogP contribution < -0.4 is 9.47 Å². The number of benzene rings is 2. The number of rotatable bonds is 9. The van der Waals surface area contributed by atoms with Gasteiger partial charge in [0.05, 0.1) is 12.8 Å². The molecule has 2 rings (SSSR count). The zero-order valence-electron chi connectivity index (χ0n) is 13.0. The summed E-state index contributed by atoms with van der Waals surface area (Å²) in [5, 5.41) is 17.6. The molecule has 2 aromatic rings. The van der Waals surface area contributed by atoms with Gasteiger partial charge in [-0.1, -0.05) is 24.3 Å². The van der Waals surface area contributed by atoms with Gasteiger partial charge in [-0.3, -0.25) is 9.59 Å². The smallest absolute Gasteiger partial charge is 0.307 e. The maximum atomic E-state index is 10.7. The molecule has 0 spiro atoms. The topological polar surface area (TPSA) is 93.1 Å². The van der Waals surface area contributed by atoms with E-state index in [0.29, 0.717) is 35.8 Å². The molecule has 0 radical (unpaired) electrons. The molecule has 24 heavy (non-hydrogen) atoms. The highest BCUT2D eigenvalue weighted by Crippen LogP contribution is 2.15. The van der Waals surface area contributed by atoms with E-state index in [-0.39, 0.29) is 12.8 Å². The van der Waals surface area contributed by atoms with E-state index in [2.05, 4.69) is 0 Å². The average molecular weight is 330 g/mol. The van der Waals surface area contributed by atoms with E-state index in [1.54, 1.807) is 48.5 Å². The number of ether oxygens (including phenoxy) is 2. The van der Waals surface area contributed by atoms with Crippen LogP contribution in [0.1, 0.15) is 11.1 Å². The Bertz CT molecular complexity index is 649. The van der Waals surface area contributed by atoms with Crippen molar-refractivity contribution in [3.8, 4) is 11.5 Å². The molecule has 0 aliphatic carbocycles. The van der Waals surface area contributed by atoms with Gasteiger partial charge in [-0.15, -0.1) is 0 Å². The molecule has 0 heterocycles. The Hall–Kier alpha value is -3.02. The first-order valence-electron chi connectivity index (χ1n) is 7.40. The monoisotopic (exact) mass is 330 g/mol. The number of carboxylic acid groups (broad SMARTS) is 2. The molecule has 126 valence electrons. The van der Waals surface area contributed by atoms with E-state index in [1.807, 2.05) is 0 Å². The van der Waals surface area contributed by atoms with Gasteiger partial charge in [0.25, 0.3) is 0 Å². The zero-order chi connectivity index (χ0) is 17.4. The van der Waals surface area contributed by atoms with Crippen molar-refractivity contribution in [3.63, 3.8) is 0 Å². The second-order valence-electron chi connectivity index (χ2n) is 5.13. The van der Waals surface area contributed by atoms with Crippen LogP contribution in [0.2, 0.25) is 0 Å². The molecule has 2 aromatic carbocycles. The molecule has 0 aromatic heterocycles. The molecule has 0 unspecified atom stereocenters. The van der Waals surface area contributed by atoms with E-state index in [0.717, 1.165) is 0 Å². The van der Waals surface area contributed by atoms with Crippen LogP contribution in [0.25, 0.3) is 0 Å². The fourth-order valence-corrected chi connectivity index (χ4v) is 2.16. The van der Waals surface area contributed by atoms with Crippen LogP contribution in [0.3, 0.4) is 0 Å². The van der Waals surface area contributed by atoms with Gasteiger partial charge in [-0.25, -0.2) is 0 Å². The van der Waals surface area contributed by atoms with Crippen molar-refractivity contribution in [1.29, 1.82) is 0 Å². The molecule has 6 nitrogen and oxygen atoms in total. The Balaban J connectivity index is 1.80. The van der Waals surface area contributed by atoms with Crippen LogP contribution in [-0.4, -0.2) is 35.4 Å². The first-order valence-corrected chi connectivity index (χ1v) is 7.40. The summed E-state index contributed by atoms with van der Waals surface area (Å²) in [5.41, 5.74) is 1.34. The summed E-state index contributed by atoms with van der Waals surface area (Å²) in [6.07, 6.45) is -0.103. The summed E-state index contributed by atoms with van der Waals surface area (Å²) in [5.74, 6) is -0.623. The summed E-state index contributed by atoms with van der Waals surface area (Å²) < 4.78 is 11.1. The Morgan fingerprint density at radius 1 is 0.750 bits per heavy atom. The summed E-state index contributed by atoms with van der Waals surface area (Å²) >= 11 is 0. The van der Waals surface area contributed by atoms with Crippen molar-refractivity contribution in [2.45, 2.75) is 12.8 Å². The molecule has 0 aliphatic rings. The van der Waals surface area contributed by atoms with Crippen molar-refractivity contribution < 1.29 is 29.3 Å². The van der Waals surface area contributed by atoms with Gasteiger partial charge in [0.1, 0.15) is 24.7 Å². The summed E-state index contributed by atoms with van der Waals surface area (Å²) in [6.45, 7) is 0.583. The third-order valence-corrected chi connectivity index (χ3v) is 3.13. The number of hydrogen-bond donors (Lipinski definition) is 2. The fraction of sp³-hybridized carbons (Fsp3) is 0.222. The molecule has 2 N–H and O–H groups in total. The lowest BCUT2D eigenvalue weighted by Crippen LogP contribution is -2.09. The van der Waals surface area contributed by atoms with Gasteiger partial charge in [0, 0.05) is 0 Å². The molecule has 0 aliphatic heterocycles. The zero-order valence-corrected chi connectivity index (χ0v) is 13.0. The predicted octanol–water partition coefficient (Wildman–Crippen LogP) is 2.40. The van der Waals surface area contributed by atoms with Crippen molar-refractivity contribution in [2.24, 2.45) is 0 Å². The number of carbonyl (C=O) groups is 2. The minimum Gasteiger partial charge on any atom is -0.490 e. The second kappa shape index (κ2) is 8.57. The lowest BCUT2D eigenvalue weighted by molar-refractivity contribution is -0.137. The Morgan fingerprint density at radius 3 is 1.54 bits per heavy atom. The van der Waals surface area contributed by atoms with Gasteiger partial charge in [-0.05, 0) is 35.4 Å². The molecule has 6 heteroatoms. The van der Waals surface area contributed by atoms with Crippen molar-refractivity contribution in [2.75, 3.05) is 13.2 Å². The molecule has 0 fully saturated rings. The maximum absolute atomic E-state index is 10.7. The van der Waals surface area contributed by atoms with Crippen LogP contribution in [0.5, 0.6) is 11.5 Å². The van der Waals surface area contributed by atoms with E-state index < -0.39 is 11.9 Å². The maximum Gasteiger partial charge on any atom is 0.307 e. The Morgan fingerprint density at radius 2 is 1.17 bits per heavy atom. The van der Waals surface area contributed by atoms with E-state index in [1.165, 1.54) is 0 Å². The van der Waals surface area contributed by atoms with Gasteiger partial charge in [0.2, 0.25) is 0 Å². The van der Waals surface area contributed by atoms with Crippen molar-refractivity contribution >= 4 is 11.9 Å². The minimum absolute atomic E-state index is 0.0515. The van der Waals surface area contributed by atoms with E-state index >= 15 is 0 Å². The number of aliphatic carboxylic acids is 2. The van der Waals surface area contributed by atoms with Crippen molar-refractivity contribution in [3.05, 3.63) is 59.7 Å². The molecule has 0 bridgehead atoms. The largest absolute Gasteiger partial charge is 0.490 e. The highest BCUT2D eigenvalue weighted by Gasteiger charge is 2.04. The summed E-state index contributed by atoms with van der Waals surface area (Å²) in [6, 6.07) is 13.8. The highest BCUT2D eigenvalue weighted by atomic mass is 16.5. The lowest BCUT2D eigenvalue weighted by atomic mass is 10.1. The Labute approximate surface area is 139 Å². The minimum atomic E-state index is -0.892. The van der Waals surface area contributed by atoms with Gasteiger partial charge in [-0.2, -0.15) is 0 Å². The third kappa shape index (κ3) is 6.00. The van der Waals surface area contributed by atoms with E-state index in [9.17, 15) is 9.59 Å². The predicted molar refractivity (Wildman–Crippen MR) is 86.6 cm³/mol. The third-order valence-electron chi connectivity index (χ3n) is 3.13. The fourth-order valence-electron chi connectivity index (χ4n) is 2.16. The molecule has 0 saturated carbocycles. The van der Waals surface area contributed by atoms with Crippen LogP contribution in [0, 0.1) is 0 Å². The molecule has 0 atom stereocenters. The average Bonchev–Trinajstić information content (AvgIpc) is 2.51. The second-order valence-corrected chi connectivity index (χ2v) is 5.13.